The SMILES string of the molecule is C=C(Br)CNC(=O)c1cc2cccc(Br)c2o1. The van der Waals surface area contributed by atoms with Crippen LogP contribution in [0.3, 0.4) is 0 Å². The first-order valence-electron chi connectivity index (χ1n) is 4.87. The predicted octanol–water partition coefficient (Wildman–Crippen LogP) is 3.83. The summed E-state index contributed by atoms with van der Waals surface area (Å²) in [6.45, 7) is 4.01. The van der Waals surface area contributed by atoms with Gasteiger partial charge in [-0.2, -0.15) is 0 Å². The third kappa shape index (κ3) is 2.79. The first kappa shape index (κ1) is 12.4. The first-order chi connectivity index (χ1) is 8.08. The largest absolute Gasteiger partial charge is 0.450 e. The fraction of sp³-hybridized carbons (Fsp3) is 0.0833. The fourth-order valence-corrected chi connectivity index (χ4v) is 2.01. The van der Waals surface area contributed by atoms with Gasteiger partial charge in [0.2, 0.25) is 0 Å². The number of hydrogen-bond acceptors (Lipinski definition) is 2. The lowest BCUT2D eigenvalue weighted by molar-refractivity contribution is 0.0932. The summed E-state index contributed by atoms with van der Waals surface area (Å²) < 4.78 is 7.03. The van der Waals surface area contributed by atoms with Crippen LogP contribution in [0.5, 0.6) is 0 Å². The highest BCUT2D eigenvalue weighted by Crippen LogP contribution is 2.26. The summed E-state index contributed by atoms with van der Waals surface area (Å²) in [6, 6.07) is 7.37. The Bertz CT molecular complexity index is 589. The molecule has 0 spiro atoms. The second kappa shape index (κ2) is 5.06. The van der Waals surface area contributed by atoms with Gasteiger partial charge in [-0.15, -0.1) is 0 Å². The Hall–Kier alpha value is -1.07. The lowest BCUT2D eigenvalue weighted by atomic mass is 10.2. The molecule has 1 aromatic carbocycles. The molecule has 5 heteroatoms. The van der Waals surface area contributed by atoms with E-state index in [0.29, 0.717) is 22.4 Å². The maximum atomic E-state index is 11.7. The van der Waals surface area contributed by atoms with Crippen molar-refractivity contribution in [2.24, 2.45) is 0 Å². The molecule has 1 amide bonds. The van der Waals surface area contributed by atoms with E-state index in [9.17, 15) is 4.79 Å². The van der Waals surface area contributed by atoms with Crippen molar-refractivity contribution in [3.63, 3.8) is 0 Å². The number of hydrogen-bond donors (Lipinski definition) is 1. The van der Waals surface area contributed by atoms with Crippen molar-refractivity contribution >= 4 is 48.7 Å². The molecule has 17 heavy (non-hydrogen) atoms. The van der Waals surface area contributed by atoms with Gasteiger partial charge in [0.05, 0.1) is 4.47 Å². The lowest BCUT2D eigenvalue weighted by Gasteiger charge is -1.99. The van der Waals surface area contributed by atoms with Gasteiger partial charge >= 0.3 is 0 Å². The van der Waals surface area contributed by atoms with Crippen LogP contribution in [-0.4, -0.2) is 12.5 Å². The molecule has 0 radical (unpaired) electrons. The Morgan fingerprint density at radius 1 is 1.47 bits per heavy atom. The van der Waals surface area contributed by atoms with Crippen molar-refractivity contribution in [2.75, 3.05) is 6.54 Å². The van der Waals surface area contributed by atoms with E-state index in [0.717, 1.165) is 9.86 Å². The van der Waals surface area contributed by atoms with Crippen LogP contribution >= 0.6 is 31.9 Å². The predicted molar refractivity (Wildman–Crippen MR) is 74.3 cm³/mol. The van der Waals surface area contributed by atoms with Gasteiger partial charge in [0.25, 0.3) is 5.91 Å². The molecular formula is C12H9Br2NO2. The van der Waals surface area contributed by atoms with Gasteiger partial charge in [-0.05, 0) is 28.1 Å². The van der Waals surface area contributed by atoms with Crippen LogP contribution in [0, 0.1) is 0 Å². The highest BCUT2D eigenvalue weighted by Gasteiger charge is 2.13. The Kier molecular flexibility index (Phi) is 3.69. The van der Waals surface area contributed by atoms with E-state index in [1.807, 2.05) is 18.2 Å². The number of benzene rings is 1. The number of fused-ring (bicyclic) bond motifs is 1. The number of carbonyl (C=O) groups is 1. The van der Waals surface area contributed by atoms with E-state index in [1.165, 1.54) is 0 Å². The molecule has 0 saturated carbocycles. The molecule has 1 heterocycles. The summed E-state index contributed by atoms with van der Waals surface area (Å²) in [5.74, 6) is 0.0364. The van der Waals surface area contributed by atoms with Crippen molar-refractivity contribution in [2.45, 2.75) is 0 Å². The number of carbonyl (C=O) groups excluding carboxylic acids is 1. The molecule has 0 aliphatic rings. The quantitative estimate of drug-likeness (QED) is 0.905. The average molecular weight is 359 g/mol. The molecule has 0 atom stereocenters. The Labute approximate surface area is 115 Å². The van der Waals surface area contributed by atoms with E-state index in [4.69, 9.17) is 4.42 Å². The molecule has 2 rings (SSSR count). The van der Waals surface area contributed by atoms with Gasteiger partial charge in [0, 0.05) is 16.4 Å². The summed E-state index contributed by atoms with van der Waals surface area (Å²) in [5.41, 5.74) is 0.676. The molecule has 0 aliphatic carbocycles. The van der Waals surface area contributed by atoms with Crippen molar-refractivity contribution in [1.29, 1.82) is 0 Å². The van der Waals surface area contributed by atoms with E-state index in [-0.39, 0.29) is 5.91 Å². The van der Waals surface area contributed by atoms with Crippen molar-refractivity contribution in [3.8, 4) is 0 Å². The second-order valence-corrected chi connectivity index (χ2v) is 5.44. The second-order valence-electron chi connectivity index (χ2n) is 3.47. The summed E-state index contributed by atoms with van der Waals surface area (Å²) in [5, 5.41) is 3.58. The van der Waals surface area contributed by atoms with E-state index in [1.54, 1.807) is 6.07 Å². The van der Waals surface area contributed by atoms with Gasteiger partial charge in [-0.1, -0.05) is 34.6 Å². The molecular weight excluding hydrogens is 350 g/mol. The Morgan fingerprint density at radius 3 is 2.88 bits per heavy atom. The van der Waals surface area contributed by atoms with Crippen molar-refractivity contribution in [1.82, 2.24) is 5.32 Å². The maximum absolute atomic E-state index is 11.7. The number of nitrogens with one attached hydrogen (secondary N) is 1. The molecule has 88 valence electrons. The number of amides is 1. The maximum Gasteiger partial charge on any atom is 0.287 e. The van der Waals surface area contributed by atoms with Gasteiger partial charge < -0.3 is 9.73 Å². The van der Waals surface area contributed by atoms with E-state index >= 15 is 0 Å². The molecule has 0 bridgehead atoms. The van der Waals surface area contributed by atoms with Crippen LogP contribution in [-0.2, 0) is 0 Å². The molecule has 0 fully saturated rings. The number of halogens is 2. The Balaban J connectivity index is 2.27. The lowest BCUT2D eigenvalue weighted by Crippen LogP contribution is -2.23. The van der Waals surface area contributed by atoms with Crippen LogP contribution in [0.25, 0.3) is 11.0 Å². The van der Waals surface area contributed by atoms with Crippen LogP contribution in [0.4, 0.5) is 0 Å². The summed E-state index contributed by atoms with van der Waals surface area (Å²) in [7, 11) is 0. The molecule has 0 aliphatic heterocycles. The summed E-state index contributed by atoms with van der Waals surface area (Å²) in [6.07, 6.45) is 0. The molecule has 2 aromatic rings. The minimum atomic E-state index is -0.256. The monoisotopic (exact) mass is 357 g/mol. The number of para-hydroxylation sites is 1. The zero-order chi connectivity index (χ0) is 12.4. The third-order valence-corrected chi connectivity index (χ3v) is 3.07. The standard InChI is InChI=1S/C12H9Br2NO2/c1-7(13)6-15-12(16)10-5-8-3-2-4-9(14)11(8)17-10/h2-5H,1,6H2,(H,15,16). The highest BCUT2D eigenvalue weighted by molar-refractivity contribution is 9.11. The topological polar surface area (TPSA) is 42.2 Å². The third-order valence-electron chi connectivity index (χ3n) is 2.16. The molecule has 0 saturated heterocycles. The molecule has 0 unspecified atom stereocenters. The summed E-state index contributed by atoms with van der Waals surface area (Å²) in [4.78, 5) is 11.7. The molecule has 3 nitrogen and oxygen atoms in total. The number of rotatable bonds is 3. The zero-order valence-electron chi connectivity index (χ0n) is 8.80. The van der Waals surface area contributed by atoms with Gasteiger partial charge in [0.15, 0.2) is 5.76 Å². The first-order valence-corrected chi connectivity index (χ1v) is 6.46. The van der Waals surface area contributed by atoms with E-state index < -0.39 is 0 Å². The summed E-state index contributed by atoms with van der Waals surface area (Å²) >= 11 is 6.55. The fourth-order valence-electron chi connectivity index (χ4n) is 1.40. The minimum Gasteiger partial charge on any atom is -0.450 e. The van der Waals surface area contributed by atoms with Crippen molar-refractivity contribution in [3.05, 3.63) is 45.6 Å². The van der Waals surface area contributed by atoms with Crippen LogP contribution in [0.15, 0.2) is 44.2 Å². The molecule has 1 N–H and O–H groups in total. The van der Waals surface area contributed by atoms with Crippen LogP contribution in [0.1, 0.15) is 10.6 Å². The molecule has 1 aromatic heterocycles. The normalized spacial score (nSPS) is 10.5. The van der Waals surface area contributed by atoms with Crippen LogP contribution < -0.4 is 5.32 Å². The van der Waals surface area contributed by atoms with E-state index in [2.05, 4.69) is 43.8 Å². The highest BCUT2D eigenvalue weighted by atomic mass is 79.9. The zero-order valence-corrected chi connectivity index (χ0v) is 12.0. The smallest absolute Gasteiger partial charge is 0.287 e. The number of furan rings is 1. The van der Waals surface area contributed by atoms with Gasteiger partial charge in [-0.25, -0.2) is 0 Å². The van der Waals surface area contributed by atoms with Crippen molar-refractivity contribution < 1.29 is 9.21 Å². The average Bonchev–Trinajstić information content (AvgIpc) is 2.71. The minimum absolute atomic E-state index is 0.256. The van der Waals surface area contributed by atoms with Gasteiger partial charge in [0.1, 0.15) is 5.58 Å². The van der Waals surface area contributed by atoms with Gasteiger partial charge in [-0.3, -0.25) is 4.79 Å². The Morgan fingerprint density at radius 2 is 2.24 bits per heavy atom. The van der Waals surface area contributed by atoms with Crippen LogP contribution in [0.2, 0.25) is 0 Å².